The minimum atomic E-state index is -0.0696. The summed E-state index contributed by atoms with van der Waals surface area (Å²) in [4.78, 5) is 19.8. The number of pyridine rings is 1. The van der Waals surface area contributed by atoms with Crippen LogP contribution in [-0.2, 0) is 6.54 Å². The number of nitrogen functional groups attached to an aromatic ring is 1. The van der Waals surface area contributed by atoms with E-state index in [-0.39, 0.29) is 5.56 Å². The van der Waals surface area contributed by atoms with Crippen molar-refractivity contribution < 1.29 is 0 Å². The highest BCUT2D eigenvalue weighted by Crippen LogP contribution is 2.02. The van der Waals surface area contributed by atoms with E-state index in [0.29, 0.717) is 15.9 Å². The molecule has 0 saturated carbocycles. The van der Waals surface area contributed by atoms with Crippen molar-refractivity contribution in [3.8, 4) is 0 Å². The molecule has 0 amide bonds. The van der Waals surface area contributed by atoms with Crippen LogP contribution in [0, 0.1) is 3.57 Å². The standard InChI is InChI=1S/C10H9IN4O/c11-8-4-13-6-15(10(8)16)5-7-2-1-3-9(12)14-7/h1-4,6H,5H2,(H2,12,14). The number of halogens is 1. The Morgan fingerprint density at radius 1 is 1.44 bits per heavy atom. The molecule has 0 atom stereocenters. The molecule has 2 aromatic rings. The second-order valence-electron chi connectivity index (χ2n) is 3.23. The van der Waals surface area contributed by atoms with Gasteiger partial charge in [0.15, 0.2) is 0 Å². The molecule has 2 heterocycles. The average molecular weight is 328 g/mol. The van der Waals surface area contributed by atoms with E-state index in [1.165, 1.54) is 17.1 Å². The number of hydrogen-bond donors (Lipinski definition) is 1. The van der Waals surface area contributed by atoms with Crippen molar-refractivity contribution in [2.75, 3.05) is 5.73 Å². The zero-order valence-corrected chi connectivity index (χ0v) is 10.5. The lowest BCUT2D eigenvalue weighted by molar-refractivity contribution is 0.714. The van der Waals surface area contributed by atoms with Crippen LogP contribution in [0.15, 0.2) is 35.5 Å². The Hall–Kier alpha value is -1.44. The molecular weight excluding hydrogens is 319 g/mol. The van der Waals surface area contributed by atoms with Gasteiger partial charge in [0.05, 0.1) is 22.1 Å². The van der Waals surface area contributed by atoms with Crippen LogP contribution in [0.5, 0.6) is 0 Å². The molecule has 5 nitrogen and oxygen atoms in total. The van der Waals surface area contributed by atoms with Gasteiger partial charge in [-0.25, -0.2) is 9.97 Å². The molecule has 0 aliphatic rings. The van der Waals surface area contributed by atoms with Gasteiger partial charge in [0.1, 0.15) is 5.82 Å². The SMILES string of the molecule is Nc1cccc(Cn2cncc(I)c2=O)n1. The van der Waals surface area contributed by atoms with Crippen LogP contribution in [0.1, 0.15) is 5.69 Å². The Labute approximate surface area is 105 Å². The highest BCUT2D eigenvalue weighted by Gasteiger charge is 2.02. The third kappa shape index (κ3) is 2.38. The minimum Gasteiger partial charge on any atom is -0.384 e. The maximum absolute atomic E-state index is 11.7. The molecule has 0 bridgehead atoms. The van der Waals surface area contributed by atoms with E-state index in [4.69, 9.17) is 5.73 Å². The lowest BCUT2D eigenvalue weighted by Crippen LogP contribution is -2.23. The van der Waals surface area contributed by atoms with Gasteiger partial charge in [-0.3, -0.25) is 9.36 Å². The molecule has 82 valence electrons. The summed E-state index contributed by atoms with van der Waals surface area (Å²) in [7, 11) is 0. The first kappa shape index (κ1) is 11.1. The number of rotatable bonds is 2. The number of anilines is 1. The van der Waals surface area contributed by atoms with Crippen LogP contribution < -0.4 is 11.3 Å². The summed E-state index contributed by atoms with van der Waals surface area (Å²) in [5.41, 5.74) is 6.24. The van der Waals surface area contributed by atoms with Gasteiger partial charge in [0.2, 0.25) is 0 Å². The molecule has 2 aromatic heterocycles. The lowest BCUT2D eigenvalue weighted by atomic mass is 10.3. The second-order valence-corrected chi connectivity index (χ2v) is 4.39. The summed E-state index contributed by atoms with van der Waals surface area (Å²) >= 11 is 1.96. The predicted octanol–water partition coefficient (Wildman–Crippen LogP) is 0.873. The molecule has 0 radical (unpaired) electrons. The molecule has 0 aliphatic carbocycles. The summed E-state index contributed by atoms with van der Waals surface area (Å²) < 4.78 is 2.09. The first-order valence-electron chi connectivity index (χ1n) is 4.58. The van der Waals surface area contributed by atoms with Crippen molar-refractivity contribution in [1.82, 2.24) is 14.5 Å². The molecule has 0 aromatic carbocycles. The molecule has 0 aliphatic heterocycles. The molecule has 2 N–H and O–H groups in total. The molecule has 0 saturated heterocycles. The summed E-state index contributed by atoms with van der Waals surface area (Å²) in [5, 5.41) is 0. The van der Waals surface area contributed by atoms with Crippen LogP contribution in [-0.4, -0.2) is 14.5 Å². The largest absolute Gasteiger partial charge is 0.384 e. The van der Waals surface area contributed by atoms with Gasteiger partial charge in [0.25, 0.3) is 5.56 Å². The van der Waals surface area contributed by atoms with Crippen molar-refractivity contribution in [3.05, 3.63) is 50.3 Å². The van der Waals surface area contributed by atoms with Crippen LogP contribution >= 0.6 is 22.6 Å². The Bertz CT molecular complexity index is 567. The third-order valence-corrected chi connectivity index (χ3v) is 2.76. The summed E-state index contributed by atoms with van der Waals surface area (Å²) in [6.45, 7) is 0.383. The minimum absolute atomic E-state index is 0.0696. The number of nitrogens with two attached hydrogens (primary N) is 1. The maximum atomic E-state index is 11.7. The van der Waals surface area contributed by atoms with Crippen molar-refractivity contribution in [3.63, 3.8) is 0 Å². The summed E-state index contributed by atoms with van der Waals surface area (Å²) in [6.07, 6.45) is 3.03. The van der Waals surface area contributed by atoms with Gasteiger partial charge in [0, 0.05) is 6.20 Å². The topological polar surface area (TPSA) is 73.8 Å². The fraction of sp³-hybridized carbons (Fsp3) is 0.100. The number of nitrogens with zero attached hydrogens (tertiary/aromatic N) is 3. The molecule has 0 unspecified atom stereocenters. The zero-order valence-electron chi connectivity index (χ0n) is 8.30. The average Bonchev–Trinajstić information content (AvgIpc) is 2.25. The highest BCUT2D eigenvalue weighted by atomic mass is 127. The predicted molar refractivity (Wildman–Crippen MR) is 69.0 cm³/mol. The van der Waals surface area contributed by atoms with Crippen molar-refractivity contribution in [2.45, 2.75) is 6.54 Å². The fourth-order valence-corrected chi connectivity index (χ4v) is 1.77. The molecule has 16 heavy (non-hydrogen) atoms. The Morgan fingerprint density at radius 2 is 2.25 bits per heavy atom. The molecular formula is C10H9IN4O. The first-order valence-corrected chi connectivity index (χ1v) is 5.66. The fourth-order valence-electron chi connectivity index (χ4n) is 1.30. The van der Waals surface area contributed by atoms with Gasteiger partial charge in [-0.1, -0.05) is 6.07 Å². The third-order valence-electron chi connectivity index (χ3n) is 2.02. The van der Waals surface area contributed by atoms with Gasteiger partial charge in [-0.05, 0) is 34.7 Å². The molecule has 0 fully saturated rings. The van der Waals surface area contributed by atoms with Gasteiger partial charge in [-0.2, -0.15) is 0 Å². The lowest BCUT2D eigenvalue weighted by Gasteiger charge is -2.05. The van der Waals surface area contributed by atoms with Crippen molar-refractivity contribution in [2.24, 2.45) is 0 Å². The quantitative estimate of drug-likeness (QED) is 0.831. The van der Waals surface area contributed by atoms with Crippen LogP contribution in [0.3, 0.4) is 0 Å². The normalized spacial score (nSPS) is 10.3. The first-order chi connectivity index (χ1) is 7.66. The highest BCUT2D eigenvalue weighted by molar-refractivity contribution is 14.1. The molecule has 0 spiro atoms. The van der Waals surface area contributed by atoms with Crippen molar-refractivity contribution >= 4 is 28.4 Å². The van der Waals surface area contributed by atoms with E-state index in [1.807, 2.05) is 34.7 Å². The van der Waals surface area contributed by atoms with E-state index in [2.05, 4.69) is 9.97 Å². The molecule has 6 heteroatoms. The summed E-state index contributed by atoms with van der Waals surface area (Å²) in [5.74, 6) is 0.448. The van der Waals surface area contributed by atoms with E-state index in [0.717, 1.165) is 5.69 Å². The van der Waals surface area contributed by atoms with Crippen LogP contribution in [0.2, 0.25) is 0 Å². The second kappa shape index (κ2) is 4.60. The van der Waals surface area contributed by atoms with Gasteiger partial charge in [-0.15, -0.1) is 0 Å². The maximum Gasteiger partial charge on any atom is 0.267 e. The van der Waals surface area contributed by atoms with Crippen LogP contribution in [0.4, 0.5) is 5.82 Å². The Balaban J connectivity index is 2.34. The monoisotopic (exact) mass is 328 g/mol. The van der Waals surface area contributed by atoms with E-state index in [9.17, 15) is 4.79 Å². The van der Waals surface area contributed by atoms with Crippen molar-refractivity contribution in [1.29, 1.82) is 0 Å². The van der Waals surface area contributed by atoms with E-state index >= 15 is 0 Å². The zero-order chi connectivity index (χ0) is 11.5. The number of hydrogen-bond acceptors (Lipinski definition) is 4. The van der Waals surface area contributed by atoms with E-state index < -0.39 is 0 Å². The van der Waals surface area contributed by atoms with Gasteiger partial charge < -0.3 is 5.73 Å². The van der Waals surface area contributed by atoms with Crippen LogP contribution in [0.25, 0.3) is 0 Å². The van der Waals surface area contributed by atoms with Gasteiger partial charge >= 0.3 is 0 Å². The summed E-state index contributed by atoms with van der Waals surface area (Å²) in [6, 6.07) is 5.34. The Morgan fingerprint density at radius 3 is 3.00 bits per heavy atom. The Kier molecular flexibility index (Phi) is 3.18. The smallest absolute Gasteiger partial charge is 0.267 e. The van der Waals surface area contributed by atoms with E-state index in [1.54, 1.807) is 6.07 Å². The molecule has 2 rings (SSSR count). The number of aromatic nitrogens is 3.